The van der Waals surface area contributed by atoms with E-state index < -0.39 is 11.8 Å². The lowest BCUT2D eigenvalue weighted by atomic mass is 10.1. The maximum absolute atomic E-state index is 10.3. The van der Waals surface area contributed by atoms with Gasteiger partial charge in [0.1, 0.15) is 12.7 Å². The maximum atomic E-state index is 10.3. The fourth-order valence-corrected chi connectivity index (χ4v) is 2.52. The lowest BCUT2D eigenvalue weighted by molar-refractivity contribution is -0.425. The molecule has 0 saturated heterocycles. The molecule has 0 radical (unpaired) electrons. The van der Waals surface area contributed by atoms with Gasteiger partial charge in [-0.05, 0) is 52.4 Å². The van der Waals surface area contributed by atoms with Crippen LogP contribution in [-0.2, 0) is 24.0 Å². The summed E-state index contributed by atoms with van der Waals surface area (Å²) >= 11 is 0. The molecule has 0 bridgehead atoms. The standard InChI is InChI=1S/C26H44O6/c1-5-6-17-20-24(31-32-26(2,3)29-4)21-18-15-13-11-9-7-8-10-12-14-16-19-22-30-23-25(27)28/h7,9-10,12-13,15,18,21,24H,5-6,8,11,14,16-17,19-20,22-23H2,1-4H3,(H,27,28)/b9-7-,12-10-,15-13-,21-18+/t24-/m0/s1. The highest BCUT2D eigenvalue weighted by Crippen LogP contribution is 2.15. The Morgan fingerprint density at radius 2 is 1.69 bits per heavy atom. The summed E-state index contributed by atoms with van der Waals surface area (Å²) in [7, 11) is 1.60. The molecule has 0 rings (SSSR count). The van der Waals surface area contributed by atoms with Crippen molar-refractivity contribution in [2.75, 3.05) is 20.3 Å². The smallest absolute Gasteiger partial charge is 0.329 e. The van der Waals surface area contributed by atoms with Crippen molar-refractivity contribution >= 4 is 5.97 Å². The normalized spacial score (nSPS) is 13.9. The number of allylic oxidation sites excluding steroid dienone is 7. The fourth-order valence-electron chi connectivity index (χ4n) is 2.52. The van der Waals surface area contributed by atoms with E-state index >= 15 is 0 Å². The van der Waals surface area contributed by atoms with Crippen molar-refractivity contribution in [3.05, 3.63) is 48.6 Å². The lowest BCUT2D eigenvalue weighted by Crippen LogP contribution is -2.29. The van der Waals surface area contributed by atoms with Gasteiger partial charge in [-0.1, -0.05) is 74.8 Å². The van der Waals surface area contributed by atoms with Gasteiger partial charge in [-0.3, -0.25) is 0 Å². The first-order valence-electron chi connectivity index (χ1n) is 11.7. The summed E-state index contributed by atoms with van der Waals surface area (Å²) in [4.78, 5) is 21.3. The molecule has 0 heterocycles. The van der Waals surface area contributed by atoms with Crippen molar-refractivity contribution < 1.29 is 29.1 Å². The van der Waals surface area contributed by atoms with Crippen LogP contribution in [-0.4, -0.2) is 43.3 Å². The van der Waals surface area contributed by atoms with Crippen molar-refractivity contribution in [1.29, 1.82) is 0 Å². The van der Waals surface area contributed by atoms with Crippen LogP contribution in [0.25, 0.3) is 0 Å². The fraction of sp³-hybridized carbons (Fsp3) is 0.654. The Morgan fingerprint density at radius 1 is 0.969 bits per heavy atom. The van der Waals surface area contributed by atoms with Crippen LogP contribution < -0.4 is 0 Å². The Kier molecular flexibility index (Phi) is 20.0. The largest absolute Gasteiger partial charge is 0.480 e. The highest BCUT2D eigenvalue weighted by Gasteiger charge is 2.20. The van der Waals surface area contributed by atoms with E-state index in [1.54, 1.807) is 7.11 Å². The minimum Gasteiger partial charge on any atom is -0.480 e. The molecule has 0 aromatic carbocycles. The number of carboxylic acid groups (broad SMARTS) is 1. The predicted molar refractivity (Wildman–Crippen MR) is 129 cm³/mol. The molecule has 0 spiro atoms. The summed E-state index contributed by atoms with van der Waals surface area (Å²) in [5.41, 5.74) is 0. The van der Waals surface area contributed by atoms with E-state index in [4.69, 9.17) is 24.4 Å². The SMILES string of the molecule is CCCCC[C@@H](/C=C/C=C\C/C=C\C/C=C\CCCCOCC(=O)O)OOC(C)(C)OC. The molecule has 0 fully saturated rings. The quantitative estimate of drug-likeness (QED) is 0.0532. The predicted octanol–water partition coefficient (Wildman–Crippen LogP) is 6.54. The summed E-state index contributed by atoms with van der Waals surface area (Å²) in [6.07, 6.45) is 25.7. The number of unbranched alkanes of at least 4 members (excludes halogenated alkanes) is 4. The molecule has 184 valence electrons. The second-order valence-electron chi connectivity index (χ2n) is 7.99. The summed E-state index contributed by atoms with van der Waals surface area (Å²) in [6.45, 7) is 6.12. The average Bonchev–Trinajstić information content (AvgIpc) is 2.76. The zero-order valence-electron chi connectivity index (χ0n) is 20.5. The third kappa shape index (κ3) is 21.5. The van der Waals surface area contributed by atoms with Crippen LogP contribution in [0.1, 0.15) is 78.6 Å². The Labute approximate surface area is 194 Å². The first-order chi connectivity index (χ1) is 15.4. The zero-order chi connectivity index (χ0) is 23.9. The molecule has 32 heavy (non-hydrogen) atoms. The van der Waals surface area contributed by atoms with E-state index in [9.17, 15) is 4.79 Å². The number of aliphatic carboxylic acids is 1. The van der Waals surface area contributed by atoms with Crippen LogP contribution in [0, 0.1) is 0 Å². The molecule has 0 amide bonds. The molecule has 0 aliphatic heterocycles. The highest BCUT2D eigenvalue weighted by molar-refractivity contribution is 5.67. The molecule has 0 saturated carbocycles. The second kappa shape index (κ2) is 21.1. The molecule has 6 heteroatoms. The van der Waals surface area contributed by atoms with Crippen LogP contribution in [0.15, 0.2) is 48.6 Å². The van der Waals surface area contributed by atoms with Crippen LogP contribution in [0.5, 0.6) is 0 Å². The topological polar surface area (TPSA) is 74.2 Å². The van der Waals surface area contributed by atoms with Crippen molar-refractivity contribution in [2.24, 2.45) is 0 Å². The van der Waals surface area contributed by atoms with E-state index in [-0.39, 0.29) is 12.7 Å². The number of carboxylic acids is 1. The van der Waals surface area contributed by atoms with Gasteiger partial charge in [-0.15, -0.1) is 0 Å². The van der Waals surface area contributed by atoms with Gasteiger partial charge in [0, 0.05) is 13.7 Å². The number of hydrogen-bond donors (Lipinski definition) is 1. The summed E-state index contributed by atoms with van der Waals surface area (Å²) in [5, 5.41) is 8.46. The number of ether oxygens (including phenoxy) is 2. The van der Waals surface area contributed by atoms with Crippen molar-refractivity contribution in [2.45, 2.75) is 90.4 Å². The summed E-state index contributed by atoms with van der Waals surface area (Å²) in [5.74, 6) is -1.68. The maximum Gasteiger partial charge on any atom is 0.329 e. The van der Waals surface area contributed by atoms with Crippen molar-refractivity contribution in [3.63, 3.8) is 0 Å². The third-order valence-electron chi connectivity index (χ3n) is 4.54. The molecule has 0 aliphatic rings. The first-order valence-corrected chi connectivity index (χ1v) is 11.7. The molecule has 1 atom stereocenters. The third-order valence-corrected chi connectivity index (χ3v) is 4.54. The van der Waals surface area contributed by atoms with E-state index in [1.165, 1.54) is 12.8 Å². The number of hydrogen-bond acceptors (Lipinski definition) is 5. The first kappa shape index (κ1) is 30.3. The molecule has 1 N–H and O–H groups in total. The Morgan fingerprint density at radius 3 is 2.38 bits per heavy atom. The number of rotatable bonds is 21. The molecular formula is C26H44O6. The minimum absolute atomic E-state index is 0.0926. The van der Waals surface area contributed by atoms with Crippen molar-refractivity contribution in [1.82, 2.24) is 0 Å². The average molecular weight is 453 g/mol. The van der Waals surface area contributed by atoms with Crippen LogP contribution >= 0.6 is 0 Å². The molecule has 0 aromatic rings. The van der Waals surface area contributed by atoms with E-state index in [0.29, 0.717) is 6.61 Å². The molecule has 0 aromatic heterocycles. The van der Waals surface area contributed by atoms with Crippen molar-refractivity contribution in [3.8, 4) is 0 Å². The van der Waals surface area contributed by atoms with Crippen LogP contribution in [0.3, 0.4) is 0 Å². The van der Waals surface area contributed by atoms with Gasteiger partial charge in [0.05, 0.1) is 0 Å². The monoisotopic (exact) mass is 452 g/mol. The lowest BCUT2D eigenvalue weighted by Gasteiger charge is -2.24. The van der Waals surface area contributed by atoms with Gasteiger partial charge in [0.25, 0.3) is 0 Å². The van der Waals surface area contributed by atoms with Gasteiger partial charge in [-0.25, -0.2) is 14.6 Å². The minimum atomic E-state index is -0.917. The van der Waals surface area contributed by atoms with Gasteiger partial charge < -0.3 is 14.6 Å². The molecular weight excluding hydrogens is 408 g/mol. The Balaban J connectivity index is 4.00. The number of carbonyl (C=O) groups is 1. The van der Waals surface area contributed by atoms with Gasteiger partial charge in [0.2, 0.25) is 0 Å². The van der Waals surface area contributed by atoms with Gasteiger partial charge >= 0.3 is 5.97 Å². The van der Waals surface area contributed by atoms with Crippen LogP contribution in [0.2, 0.25) is 0 Å². The van der Waals surface area contributed by atoms with Crippen LogP contribution in [0.4, 0.5) is 0 Å². The molecule has 0 aliphatic carbocycles. The highest BCUT2D eigenvalue weighted by atomic mass is 17.2. The van der Waals surface area contributed by atoms with Gasteiger partial charge in [-0.2, -0.15) is 0 Å². The van der Waals surface area contributed by atoms with E-state index in [1.807, 2.05) is 32.1 Å². The van der Waals surface area contributed by atoms with Gasteiger partial charge in [0.15, 0.2) is 5.79 Å². The zero-order valence-corrected chi connectivity index (χ0v) is 20.5. The summed E-state index contributed by atoms with van der Waals surface area (Å²) < 4.78 is 10.2. The summed E-state index contributed by atoms with van der Waals surface area (Å²) in [6, 6.07) is 0. The Hall–Kier alpha value is -1.73. The van der Waals surface area contributed by atoms with E-state index in [0.717, 1.165) is 44.9 Å². The number of methoxy groups -OCH3 is 1. The molecule has 6 nitrogen and oxygen atoms in total. The molecule has 0 unspecified atom stereocenters. The van der Waals surface area contributed by atoms with E-state index in [2.05, 4.69) is 37.3 Å². The Bertz CT molecular complexity index is 563. The second-order valence-corrected chi connectivity index (χ2v) is 7.99.